The molecule has 1 aliphatic heterocycles. The van der Waals surface area contributed by atoms with E-state index in [0.717, 1.165) is 24.8 Å². The Hall–Kier alpha value is -0.870. The van der Waals surface area contributed by atoms with Gasteiger partial charge < -0.3 is 9.64 Å². The van der Waals surface area contributed by atoms with Crippen LogP contribution < -0.4 is 4.90 Å². The predicted molar refractivity (Wildman–Crippen MR) is 77.6 cm³/mol. The number of ether oxygens (including phenoxy) is 1. The number of nitrogens with zero attached hydrogens (tertiary/aromatic N) is 3. The van der Waals surface area contributed by atoms with Gasteiger partial charge in [0.25, 0.3) is 0 Å². The van der Waals surface area contributed by atoms with Crippen LogP contribution in [0.2, 0.25) is 5.15 Å². The Balaban J connectivity index is 2.02. The van der Waals surface area contributed by atoms with Crippen LogP contribution in [0.1, 0.15) is 38.4 Å². The normalized spacial score (nSPS) is 16.9. The summed E-state index contributed by atoms with van der Waals surface area (Å²) in [5.41, 5.74) is 0. The van der Waals surface area contributed by atoms with Crippen LogP contribution in [0.15, 0.2) is 6.07 Å². The molecule has 19 heavy (non-hydrogen) atoms. The fraction of sp³-hybridized carbons (Fsp3) is 0.714. The molecule has 1 fully saturated rings. The van der Waals surface area contributed by atoms with Crippen molar-refractivity contribution in [1.29, 1.82) is 0 Å². The summed E-state index contributed by atoms with van der Waals surface area (Å²) in [5, 5.41) is 0.493. The highest BCUT2D eigenvalue weighted by molar-refractivity contribution is 6.29. The fourth-order valence-electron chi connectivity index (χ4n) is 2.67. The monoisotopic (exact) mass is 283 g/mol. The summed E-state index contributed by atoms with van der Waals surface area (Å²) in [6.07, 6.45) is 5.11. The van der Waals surface area contributed by atoms with Crippen LogP contribution in [0.4, 0.5) is 5.82 Å². The molecule has 5 heteroatoms. The topological polar surface area (TPSA) is 38.2 Å². The third kappa shape index (κ3) is 4.05. The molecule has 0 spiro atoms. The summed E-state index contributed by atoms with van der Waals surface area (Å²) < 4.78 is 5.07. The van der Waals surface area contributed by atoms with Crippen LogP contribution in [-0.4, -0.2) is 30.2 Å². The second-order valence-corrected chi connectivity index (χ2v) is 5.50. The smallest absolute Gasteiger partial charge is 0.158 e. The highest BCUT2D eigenvalue weighted by Gasteiger charge is 2.20. The summed E-state index contributed by atoms with van der Waals surface area (Å²) in [4.78, 5) is 11.0. The number of piperidine rings is 1. The molecule has 2 rings (SSSR count). The molecule has 0 N–H and O–H groups in total. The zero-order chi connectivity index (χ0) is 13.7. The maximum Gasteiger partial charge on any atom is 0.158 e. The summed E-state index contributed by atoms with van der Waals surface area (Å²) in [7, 11) is 1.64. The minimum atomic E-state index is 0.403. The van der Waals surface area contributed by atoms with Gasteiger partial charge in [-0.1, -0.05) is 31.4 Å². The van der Waals surface area contributed by atoms with Crippen molar-refractivity contribution in [2.24, 2.45) is 5.92 Å². The van der Waals surface area contributed by atoms with Gasteiger partial charge >= 0.3 is 0 Å². The van der Waals surface area contributed by atoms with Gasteiger partial charge in [-0.05, 0) is 18.8 Å². The highest BCUT2D eigenvalue weighted by atomic mass is 35.5. The van der Waals surface area contributed by atoms with Crippen LogP contribution >= 0.6 is 11.6 Å². The van der Waals surface area contributed by atoms with Gasteiger partial charge in [0.15, 0.2) is 5.82 Å². The number of halogens is 1. The van der Waals surface area contributed by atoms with Gasteiger partial charge in [-0.25, -0.2) is 9.97 Å². The average molecular weight is 284 g/mol. The second-order valence-electron chi connectivity index (χ2n) is 5.12. The first-order chi connectivity index (χ1) is 9.22. The van der Waals surface area contributed by atoms with Gasteiger partial charge in [-0.15, -0.1) is 0 Å². The largest absolute Gasteiger partial charge is 0.377 e. The molecule has 1 saturated heterocycles. The molecule has 1 aromatic rings. The number of aromatic nitrogens is 2. The Kier molecular flexibility index (Phi) is 5.40. The first-order valence-electron chi connectivity index (χ1n) is 7.00. The van der Waals surface area contributed by atoms with E-state index in [0.29, 0.717) is 17.6 Å². The van der Waals surface area contributed by atoms with E-state index in [4.69, 9.17) is 16.3 Å². The third-order valence-corrected chi connectivity index (χ3v) is 3.83. The van der Waals surface area contributed by atoms with E-state index in [1.165, 1.54) is 25.7 Å². The lowest BCUT2D eigenvalue weighted by atomic mass is 9.92. The van der Waals surface area contributed by atoms with Crippen molar-refractivity contribution < 1.29 is 4.74 Å². The molecular formula is C14H22ClN3O. The quantitative estimate of drug-likeness (QED) is 0.777. The van der Waals surface area contributed by atoms with Crippen molar-refractivity contribution in [2.75, 3.05) is 25.1 Å². The SMILES string of the molecule is CCCC1CCN(c2cc(Cl)nc(COC)n2)CC1. The molecule has 0 bridgehead atoms. The maximum atomic E-state index is 6.05. The van der Waals surface area contributed by atoms with E-state index in [-0.39, 0.29) is 0 Å². The van der Waals surface area contributed by atoms with Gasteiger partial charge in [-0.3, -0.25) is 0 Å². The lowest BCUT2D eigenvalue weighted by Crippen LogP contribution is -2.34. The van der Waals surface area contributed by atoms with Crippen molar-refractivity contribution in [3.05, 3.63) is 17.0 Å². The van der Waals surface area contributed by atoms with Gasteiger partial charge in [-0.2, -0.15) is 0 Å². The Morgan fingerprint density at radius 3 is 2.74 bits per heavy atom. The van der Waals surface area contributed by atoms with E-state index >= 15 is 0 Å². The first-order valence-corrected chi connectivity index (χ1v) is 7.38. The van der Waals surface area contributed by atoms with Crippen LogP contribution in [0, 0.1) is 5.92 Å². The van der Waals surface area contributed by atoms with E-state index in [1.54, 1.807) is 7.11 Å². The van der Waals surface area contributed by atoms with Crippen LogP contribution in [0.3, 0.4) is 0 Å². The highest BCUT2D eigenvalue weighted by Crippen LogP contribution is 2.26. The number of methoxy groups -OCH3 is 1. The minimum Gasteiger partial charge on any atom is -0.377 e. The molecule has 0 saturated carbocycles. The molecule has 2 heterocycles. The fourth-order valence-corrected chi connectivity index (χ4v) is 2.86. The van der Waals surface area contributed by atoms with Crippen LogP contribution in [0.5, 0.6) is 0 Å². The summed E-state index contributed by atoms with van der Waals surface area (Å²) >= 11 is 6.05. The minimum absolute atomic E-state index is 0.403. The van der Waals surface area contributed by atoms with E-state index in [1.807, 2.05) is 6.07 Å². The summed E-state index contributed by atoms with van der Waals surface area (Å²) in [5.74, 6) is 2.46. The van der Waals surface area contributed by atoms with Crippen LogP contribution in [0.25, 0.3) is 0 Å². The molecule has 0 atom stereocenters. The zero-order valence-electron chi connectivity index (χ0n) is 11.7. The average Bonchev–Trinajstić information content (AvgIpc) is 2.40. The number of hydrogen-bond donors (Lipinski definition) is 0. The lowest BCUT2D eigenvalue weighted by Gasteiger charge is -2.32. The number of rotatable bonds is 5. The molecule has 1 aromatic heterocycles. The molecule has 4 nitrogen and oxygen atoms in total. The Bertz CT molecular complexity index is 406. The van der Waals surface area contributed by atoms with Gasteiger partial charge in [0.05, 0.1) is 0 Å². The molecule has 1 aliphatic rings. The van der Waals surface area contributed by atoms with Crippen molar-refractivity contribution >= 4 is 17.4 Å². The molecule has 0 radical (unpaired) electrons. The van der Waals surface area contributed by atoms with E-state index in [2.05, 4.69) is 21.8 Å². The summed E-state index contributed by atoms with van der Waals surface area (Å²) in [6, 6.07) is 1.85. The predicted octanol–water partition coefficient (Wildman–Crippen LogP) is 3.29. The van der Waals surface area contributed by atoms with Gasteiger partial charge in [0, 0.05) is 26.3 Å². The molecule has 106 valence electrons. The Morgan fingerprint density at radius 2 is 2.11 bits per heavy atom. The number of anilines is 1. The summed E-state index contributed by atoms with van der Waals surface area (Å²) in [6.45, 7) is 4.78. The zero-order valence-corrected chi connectivity index (χ0v) is 12.5. The molecule has 0 amide bonds. The lowest BCUT2D eigenvalue weighted by molar-refractivity contribution is 0.178. The maximum absolute atomic E-state index is 6.05. The van der Waals surface area contributed by atoms with Gasteiger partial charge in [0.2, 0.25) is 0 Å². The third-order valence-electron chi connectivity index (χ3n) is 3.64. The Labute approximate surface area is 120 Å². The molecular weight excluding hydrogens is 262 g/mol. The first kappa shape index (κ1) is 14.5. The Morgan fingerprint density at radius 1 is 1.37 bits per heavy atom. The van der Waals surface area contributed by atoms with E-state index < -0.39 is 0 Å². The van der Waals surface area contributed by atoms with Gasteiger partial charge in [0.1, 0.15) is 17.6 Å². The molecule has 0 aliphatic carbocycles. The van der Waals surface area contributed by atoms with Crippen molar-refractivity contribution in [3.8, 4) is 0 Å². The van der Waals surface area contributed by atoms with Crippen molar-refractivity contribution in [1.82, 2.24) is 9.97 Å². The second kappa shape index (κ2) is 7.06. The standard InChI is InChI=1S/C14H22ClN3O/c1-3-4-11-5-7-18(8-6-11)14-9-12(15)16-13(17-14)10-19-2/h9,11H,3-8,10H2,1-2H3. The van der Waals surface area contributed by atoms with Crippen molar-refractivity contribution in [2.45, 2.75) is 39.2 Å². The van der Waals surface area contributed by atoms with E-state index in [9.17, 15) is 0 Å². The number of hydrogen-bond acceptors (Lipinski definition) is 4. The molecule has 0 unspecified atom stereocenters. The molecule has 0 aromatic carbocycles. The van der Waals surface area contributed by atoms with Crippen molar-refractivity contribution in [3.63, 3.8) is 0 Å². The van der Waals surface area contributed by atoms with Crippen LogP contribution in [-0.2, 0) is 11.3 Å².